The van der Waals surface area contributed by atoms with Crippen molar-refractivity contribution in [1.82, 2.24) is 15.2 Å². The molecule has 2 fully saturated rings. The van der Waals surface area contributed by atoms with Gasteiger partial charge in [0.15, 0.2) is 0 Å². The molecule has 2 aromatic rings. The number of carbonyl (C=O) groups is 1. The number of rotatable bonds is 7. The van der Waals surface area contributed by atoms with E-state index < -0.39 is 0 Å². The van der Waals surface area contributed by atoms with Gasteiger partial charge in [0.2, 0.25) is 0 Å². The number of aromatic nitrogens is 1. The minimum Gasteiger partial charge on any atom is -0.351 e. The zero-order valence-corrected chi connectivity index (χ0v) is 14.3. The largest absolute Gasteiger partial charge is 0.351 e. The summed E-state index contributed by atoms with van der Waals surface area (Å²) in [4.78, 5) is 20.0. The Balaban J connectivity index is 1.50. The summed E-state index contributed by atoms with van der Waals surface area (Å²) in [6.07, 6.45) is 5.00. The highest BCUT2D eigenvalue weighted by molar-refractivity contribution is 6.06. The van der Waals surface area contributed by atoms with Crippen molar-refractivity contribution < 1.29 is 4.79 Å². The van der Waals surface area contributed by atoms with Crippen LogP contribution in [0.2, 0.25) is 0 Å². The number of benzene rings is 1. The number of hydrogen-bond acceptors (Lipinski definition) is 3. The van der Waals surface area contributed by atoms with Crippen molar-refractivity contribution in [2.75, 3.05) is 19.6 Å². The van der Waals surface area contributed by atoms with E-state index in [-0.39, 0.29) is 5.91 Å². The lowest BCUT2D eigenvalue weighted by Crippen LogP contribution is -2.36. The molecule has 2 saturated carbocycles. The number of pyridine rings is 1. The normalized spacial score (nSPS) is 17.4. The summed E-state index contributed by atoms with van der Waals surface area (Å²) in [7, 11) is 0. The minimum atomic E-state index is 0.0300. The van der Waals surface area contributed by atoms with Gasteiger partial charge in [0.05, 0.1) is 11.1 Å². The second-order valence-corrected chi connectivity index (χ2v) is 7.00. The van der Waals surface area contributed by atoms with Gasteiger partial charge in [-0.2, -0.15) is 0 Å². The van der Waals surface area contributed by atoms with Crippen LogP contribution in [-0.2, 0) is 0 Å². The number of nitrogens with zero attached hydrogens (tertiary/aromatic N) is 2. The molecule has 0 bridgehead atoms. The first-order valence-corrected chi connectivity index (χ1v) is 9.18. The molecule has 0 spiro atoms. The lowest BCUT2D eigenvalue weighted by atomic mass is 10.1. The first-order chi connectivity index (χ1) is 11.8. The maximum Gasteiger partial charge on any atom is 0.252 e. The van der Waals surface area contributed by atoms with Gasteiger partial charge in [0.1, 0.15) is 0 Å². The molecule has 0 atom stereocenters. The Morgan fingerprint density at radius 1 is 1.25 bits per heavy atom. The van der Waals surface area contributed by atoms with E-state index in [2.05, 4.69) is 17.1 Å². The van der Waals surface area contributed by atoms with Gasteiger partial charge >= 0.3 is 0 Å². The second-order valence-electron chi connectivity index (χ2n) is 7.00. The fraction of sp³-hybridized carbons (Fsp3) is 0.500. The quantitative estimate of drug-likeness (QED) is 0.850. The summed E-state index contributed by atoms with van der Waals surface area (Å²) < 4.78 is 0. The van der Waals surface area contributed by atoms with Gasteiger partial charge in [-0.05, 0) is 44.4 Å². The van der Waals surface area contributed by atoms with Crippen molar-refractivity contribution in [2.24, 2.45) is 0 Å². The SMILES string of the molecule is CCN(CCNC(=O)c1cc(C2CC2)nc2ccccc12)C1CC1. The lowest BCUT2D eigenvalue weighted by molar-refractivity contribution is 0.0949. The molecule has 0 saturated heterocycles. The van der Waals surface area contributed by atoms with E-state index in [0.29, 0.717) is 12.5 Å². The molecule has 2 aliphatic rings. The molecular weight excluding hydrogens is 298 g/mol. The average Bonchev–Trinajstić information content (AvgIpc) is 3.49. The maximum absolute atomic E-state index is 12.8. The molecule has 4 heteroatoms. The van der Waals surface area contributed by atoms with Crippen LogP contribution in [0.25, 0.3) is 10.9 Å². The van der Waals surface area contributed by atoms with Gasteiger partial charge in [-0.1, -0.05) is 25.1 Å². The van der Waals surface area contributed by atoms with Crippen LogP contribution in [0.4, 0.5) is 0 Å². The molecule has 4 rings (SSSR count). The monoisotopic (exact) mass is 323 g/mol. The van der Waals surface area contributed by atoms with Crippen LogP contribution in [0.3, 0.4) is 0 Å². The molecule has 1 aromatic heterocycles. The van der Waals surface area contributed by atoms with Crippen molar-refractivity contribution in [2.45, 2.75) is 44.6 Å². The highest BCUT2D eigenvalue weighted by Crippen LogP contribution is 2.40. The summed E-state index contributed by atoms with van der Waals surface area (Å²) in [6, 6.07) is 10.7. The molecule has 0 radical (unpaired) electrons. The average molecular weight is 323 g/mol. The molecule has 0 unspecified atom stereocenters. The van der Waals surface area contributed by atoms with E-state index in [4.69, 9.17) is 4.98 Å². The Morgan fingerprint density at radius 3 is 2.75 bits per heavy atom. The third-order valence-corrected chi connectivity index (χ3v) is 5.13. The van der Waals surface area contributed by atoms with Crippen LogP contribution in [-0.4, -0.2) is 41.5 Å². The number of carbonyl (C=O) groups excluding carboxylic acids is 1. The van der Waals surface area contributed by atoms with E-state index in [1.54, 1.807) is 0 Å². The van der Waals surface area contributed by atoms with Crippen molar-refractivity contribution in [3.05, 3.63) is 41.6 Å². The Bertz CT molecular complexity index is 750. The van der Waals surface area contributed by atoms with E-state index in [1.165, 1.54) is 25.7 Å². The van der Waals surface area contributed by atoms with E-state index >= 15 is 0 Å². The van der Waals surface area contributed by atoms with E-state index in [9.17, 15) is 4.79 Å². The Labute approximate surface area is 143 Å². The molecule has 24 heavy (non-hydrogen) atoms. The van der Waals surface area contributed by atoms with E-state index in [0.717, 1.165) is 41.3 Å². The molecule has 1 aromatic carbocycles. The summed E-state index contributed by atoms with van der Waals surface area (Å²) in [5.74, 6) is 0.578. The smallest absolute Gasteiger partial charge is 0.252 e. The predicted octanol–water partition coefficient (Wildman–Crippen LogP) is 3.33. The van der Waals surface area contributed by atoms with Crippen LogP contribution < -0.4 is 5.32 Å². The van der Waals surface area contributed by atoms with Gasteiger partial charge in [0.25, 0.3) is 5.91 Å². The topological polar surface area (TPSA) is 45.2 Å². The number of likely N-dealkylation sites (N-methyl/N-ethyl adjacent to an activating group) is 1. The summed E-state index contributed by atoms with van der Waals surface area (Å²) in [5.41, 5.74) is 2.78. The molecule has 2 aliphatic carbocycles. The molecule has 4 nitrogen and oxygen atoms in total. The van der Waals surface area contributed by atoms with Crippen LogP contribution >= 0.6 is 0 Å². The first kappa shape index (κ1) is 15.6. The zero-order chi connectivity index (χ0) is 16.5. The fourth-order valence-electron chi connectivity index (χ4n) is 3.42. The number of amides is 1. The van der Waals surface area contributed by atoms with Gasteiger partial charge in [-0.25, -0.2) is 0 Å². The van der Waals surface area contributed by atoms with Crippen LogP contribution in [0, 0.1) is 0 Å². The molecule has 1 N–H and O–H groups in total. The minimum absolute atomic E-state index is 0.0300. The highest BCUT2D eigenvalue weighted by atomic mass is 16.1. The van der Waals surface area contributed by atoms with Crippen molar-refractivity contribution in [3.63, 3.8) is 0 Å². The highest BCUT2D eigenvalue weighted by Gasteiger charge is 2.28. The Kier molecular flexibility index (Phi) is 4.23. The third kappa shape index (κ3) is 3.29. The van der Waals surface area contributed by atoms with Gasteiger partial charge in [-0.3, -0.25) is 14.7 Å². The second kappa shape index (κ2) is 6.52. The summed E-state index contributed by atoms with van der Waals surface area (Å²) in [6.45, 7) is 4.90. The number of nitrogens with one attached hydrogen (secondary N) is 1. The van der Waals surface area contributed by atoms with Crippen LogP contribution in [0.1, 0.15) is 54.6 Å². The van der Waals surface area contributed by atoms with Crippen LogP contribution in [0.5, 0.6) is 0 Å². The Hall–Kier alpha value is -1.94. The van der Waals surface area contributed by atoms with Crippen molar-refractivity contribution in [1.29, 1.82) is 0 Å². The van der Waals surface area contributed by atoms with Gasteiger partial charge in [-0.15, -0.1) is 0 Å². The molecule has 1 amide bonds. The summed E-state index contributed by atoms with van der Waals surface area (Å²) >= 11 is 0. The van der Waals surface area contributed by atoms with E-state index in [1.807, 2.05) is 30.3 Å². The molecule has 126 valence electrons. The lowest BCUT2D eigenvalue weighted by Gasteiger charge is -2.20. The van der Waals surface area contributed by atoms with Crippen molar-refractivity contribution in [3.8, 4) is 0 Å². The zero-order valence-electron chi connectivity index (χ0n) is 14.3. The number of hydrogen-bond donors (Lipinski definition) is 1. The molecular formula is C20H25N3O. The summed E-state index contributed by atoms with van der Waals surface area (Å²) in [5, 5.41) is 4.07. The van der Waals surface area contributed by atoms with Crippen molar-refractivity contribution >= 4 is 16.8 Å². The Morgan fingerprint density at radius 2 is 2.04 bits per heavy atom. The maximum atomic E-state index is 12.8. The fourth-order valence-corrected chi connectivity index (χ4v) is 3.42. The number of para-hydroxylation sites is 1. The predicted molar refractivity (Wildman–Crippen MR) is 96.3 cm³/mol. The van der Waals surface area contributed by atoms with Gasteiger partial charge in [0, 0.05) is 36.1 Å². The standard InChI is InChI=1S/C20H25N3O/c1-2-23(15-9-10-15)12-11-21-20(24)17-13-19(14-7-8-14)22-18-6-4-3-5-16(17)18/h3-6,13-15H,2,7-12H2,1H3,(H,21,24). The number of fused-ring (bicyclic) bond motifs is 1. The third-order valence-electron chi connectivity index (χ3n) is 5.13. The van der Waals surface area contributed by atoms with Gasteiger partial charge < -0.3 is 5.32 Å². The molecule has 0 aliphatic heterocycles. The first-order valence-electron chi connectivity index (χ1n) is 9.18. The molecule has 1 heterocycles. The van der Waals surface area contributed by atoms with Crippen LogP contribution in [0.15, 0.2) is 30.3 Å².